The van der Waals surface area contributed by atoms with Gasteiger partial charge in [0, 0.05) is 53.5 Å². The van der Waals surface area contributed by atoms with Gasteiger partial charge in [0.15, 0.2) is 0 Å². The molecule has 1 aliphatic rings. The quantitative estimate of drug-likeness (QED) is 0.220. The van der Waals surface area contributed by atoms with E-state index in [0.29, 0.717) is 18.7 Å². The summed E-state index contributed by atoms with van der Waals surface area (Å²) >= 11 is 0. The third kappa shape index (κ3) is 8.57. The number of carbonyl (C=O) groups excluding carboxylic acids is 2. The first-order valence-electron chi connectivity index (χ1n) is 15.3. The highest BCUT2D eigenvalue weighted by Crippen LogP contribution is 2.45. The number of amides is 2. The molecule has 1 fully saturated rings. The largest absolute Gasteiger partial charge is 0.390 e. The van der Waals surface area contributed by atoms with Crippen LogP contribution in [0.15, 0.2) is 60.7 Å². The van der Waals surface area contributed by atoms with Crippen molar-refractivity contribution in [2.75, 3.05) is 19.6 Å². The van der Waals surface area contributed by atoms with Crippen molar-refractivity contribution in [2.24, 2.45) is 0 Å². The molecule has 234 valence electrons. The lowest BCUT2D eigenvalue weighted by molar-refractivity contribution is 0.0755. The van der Waals surface area contributed by atoms with Gasteiger partial charge in [-0.2, -0.15) is 0 Å². The van der Waals surface area contributed by atoms with Gasteiger partial charge < -0.3 is 20.6 Å². The first-order valence-corrected chi connectivity index (χ1v) is 15.3. The van der Waals surface area contributed by atoms with Gasteiger partial charge in [-0.3, -0.25) is 9.59 Å². The van der Waals surface area contributed by atoms with E-state index in [1.54, 1.807) is 11.0 Å². The Morgan fingerprint density at radius 3 is 2.18 bits per heavy atom. The van der Waals surface area contributed by atoms with Gasteiger partial charge in [-0.1, -0.05) is 37.8 Å². The van der Waals surface area contributed by atoms with Crippen molar-refractivity contribution in [1.82, 2.24) is 15.5 Å². The summed E-state index contributed by atoms with van der Waals surface area (Å²) < 4.78 is 28.2. The smallest absolute Gasteiger partial charge is 0.253 e. The second kappa shape index (κ2) is 15.0. The summed E-state index contributed by atoms with van der Waals surface area (Å²) in [4.78, 5) is 28.7. The van der Waals surface area contributed by atoms with E-state index in [4.69, 9.17) is 12.8 Å². The summed E-state index contributed by atoms with van der Waals surface area (Å²) in [5.74, 6) is 2.81. The second-order valence-corrected chi connectivity index (χ2v) is 11.6. The standard InChI is InChI=1S/C37H39F2N3O3/c1-5-14-42(15-6-2)36(45)29-17-26(8-4)16-28(22-29)35(44)41-33(21-27-19-31(38)23-32(39)20-27)34(43)24-40-37(12-13-37)30-11-9-10-25(7-3)18-30/h3-4,9-11,16-20,22-23,33-34,40,43H,5-6,12-15,21,24H2,1-2H3,(H,41,44)/t33-,34+/m0/s1. The van der Waals surface area contributed by atoms with Crippen LogP contribution < -0.4 is 10.6 Å². The van der Waals surface area contributed by atoms with Gasteiger partial charge in [-0.25, -0.2) is 8.78 Å². The summed E-state index contributed by atoms with van der Waals surface area (Å²) in [6.45, 7) is 5.18. The lowest BCUT2D eigenvalue weighted by Gasteiger charge is -2.27. The minimum atomic E-state index is -1.14. The molecule has 1 saturated carbocycles. The Labute approximate surface area is 264 Å². The molecule has 6 nitrogen and oxygen atoms in total. The van der Waals surface area contributed by atoms with Crippen molar-refractivity contribution in [2.45, 2.75) is 63.6 Å². The average molecular weight is 612 g/mol. The van der Waals surface area contributed by atoms with E-state index in [9.17, 15) is 23.5 Å². The molecule has 45 heavy (non-hydrogen) atoms. The van der Waals surface area contributed by atoms with Crippen LogP contribution in [0.1, 0.15) is 82.5 Å². The van der Waals surface area contributed by atoms with Crippen LogP contribution in [0, 0.1) is 36.3 Å². The number of rotatable bonds is 14. The molecule has 0 radical (unpaired) electrons. The number of aliphatic hydroxyl groups excluding tert-OH is 1. The summed E-state index contributed by atoms with van der Waals surface area (Å²) in [6, 6.07) is 14.4. The zero-order valence-electron chi connectivity index (χ0n) is 25.7. The van der Waals surface area contributed by atoms with Crippen LogP contribution in [0.5, 0.6) is 0 Å². The number of nitrogens with zero attached hydrogens (tertiary/aromatic N) is 1. The van der Waals surface area contributed by atoms with Crippen LogP contribution >= 0.6 is 0 Å². The number of hydrogen-bond donors (Lipinski definition) is 3. The SMILES string of the molecule is C#Cc1cc(C(=O)N[C@@H](Cc2cc(F)cc(F)c2)[C@H](O)CNC2(c3cccc(C#C)c3)CC2)cc(C(=O)N(CCC)CCC)c1. The van der Waals surface area contributed by atoms with Gasteiger partial charge in [-0.05, 0) is 85.7 Å². The van der Waals surface area contributed by atoms with Gasteiger partial charge in [-0.15, -0.1) is 12.8 Å². The van der Waals surface area contributed by atoms with Gasteiger partial charge in [0.05, 0.1) is 12.1 Å². The number of benzene rings is 3. The van der Waals surface area contributed by atoms with Crippen molar-refractivity contribution in [3.8, 4) is 24.7 Å². The van der Waals surface area contributed by atoms with E-state index in [1.165, 1.54) is 24.3 Å². The fourth-order valence-electron chi connectivity index (χ4n) is 5.56. The zero-order chi connectivity index (χ0) is 32.6. The predicted octanol–water partition coefficient (Wildman–Crippen LogP) is 5.17. The minimum Gasteiger partial charge on any atom is -0.390 e. The van der Waals surface area contributed by atoms with Crippen LogP contribution in [0.25, 0.3) is 0 Å². The molecule has 0 aromatic heterocycles. The third-order valence-electron chi connectivity index (χ3n) is 8.02. The molecule has 0 bridgehead atoms. The summed E-state index contributed by atoms with van der Waals surface area (Å²) in [5, 5.41) is 17.6. The molecule has 3 aromatic carbocycles. The molecule has 1 aliphatic carbocycles. The first-order chi connectivity index (χ1) is 21.6. The Morgan fingerprint density at radius 2 is 1.58 bits per heavy atom. The minimum absolute atomic E-state index is 0.0513. The molecule has 8 heteroatoms. The maximum Gasteiger partial charge on any atom is 0.253 e. The molecule has 4 rings (SSSR count). The van der Waals surface area contributed by atoms with E-state index in [0.717, 1.165) is 42.9 Å². The Bertz CT molecular complexity index is 1590. The molecule has 0 saturated heterocycles. The molecule has 0 heterocycles. The number of hydrogen-bond acceptors (Lipinski definition) is 4. The summed E-state index contributed by atoms with van der Waals surface area (Å²) in [5.41, 5.74) is 2.43. The highest BCUT2D eigenvalue weighted by Gasteiger charge is 2.44. The van der Waals surface area contributed by atoms with Gasteiger partial charge >= 0.3 is 0 Å². The Hall–Kier alpha value is -4.50. The number of carbonyl (C=O) groups is 2. The van der Waals surface area contributed by atoms with Crippen LogP contribution in [-0.4, -0.2) is 53.6 Å². The third-order valence-corrected chi connectivity index (χ3v) is 8.02. The highest BCUT2D eigenvalue weighted by molar-refractivity contribution is 6.00. The fraction of sp³-hybridized carbons (Fsp3) is 0.351. The van der Waals surface area contributed by atoms with Crippen molar-refractivity contribution in [3.63, 3.8) is 0 Å². The Morgan fingerprint density at radius 1 is 0.933 bits per heavy atom. The van der Waals surface area contributed by atoms with Crippen molar-refractivity contribution >= 4 is 11.8 Å². The van der Waals surface area contributed by atoms with E-state index in [1.807, 2.05) is 38.1 Å². The second-order valence-electron chi connectivity index (χ2n) is 11.6. The predicted molar refractivity (Wildman–Crippen MR) is 171 cm³/mol. The van der Waals surface area contributed by atoms with Gasteiger partial charge in [0.2, 0.25) is 0 Å². The number of nitrogens with one attached hydrogen (secondary N) is 2. The molecule has 3 aromatic rings. The van der Waals surface area contributed by atoms with E-state index in [2.05, 4.69) is 22.5 Å². The van der Waals surface area contributed by atoms with Crippen LogP contribution in [0.3, 0.4) is 0 Å². The molecular weight excluding hydrogens is 572 g/mol. The van der Waals surface area contributed by atoms with Crippen LogP contribution in [0.2, 0.25) is 0 Å². The molecule has 0 unspecified atom stereocenters. The van der Waals surface area contributed by atoms with Crippen molar-refractivity contribution in [3.05, 3.63) is 106 Å². The number of terminal acetylenes is 2. The first kappa shape index (κ1) is 33.4. The summed E-state index contributed by atoms with van der Waals surface area (Å²) in [7, 11) is 0. The molecule has 2 amide bonds. The lowest BCUT2D eigenvalue weighted by atomic mass is 9.98. The van der Waals surface area contributed by atoms with Crippen molar-refractivity contribution in [1.29, 1.82) is 0 Å². The molecular formula is C37H39F2N3O3. The monoisotopic (exact) mass is 611 g/mol. The van der Waals surface area contributed by atoms with Crippen molar-refractivity contribution < 1.29 is 23.5 Å². The fourth-order valence-corrected chi connectivity index (χ4v) is 5.56. The number of halogens is 2. The zero-order valence-corrected chi connectivity index (χ0v) is 25.7. The van der Waals surface area contributed by atoms with Crippen LogP contribution in [-0.2, 0) is 12.0 Å². The number of aliphatic hydroxyl groups is 1. The van der Waals surface area contributed by atoms with Gasteiger partial charge in [0.25, 0.3) is 11.8 Å². The molecule has 0 spiro atoms. The maximum absolute atomic E-state index is 14.1. The topological polar surface area (TPSA) is 81.7 Å². The normalized spacial score (nSPS) is 14.5. The maximum atomic E-state index is 14.1. The lowest BCUT2D eigenvalue weighted by Crippen LogP contribution is -2.50. The highest BCUT2D eigenvalue weighted by atomic mass is 19.1. The summed E-state index contributed by atoms with van der Waals surface area (Å²) in [6.07, 6.45) is 13.3. The Kier molecular flexibility index (Phi) is 11.1. The van der Waals surface area contributed by atoms with E-state index < -0.39 is 29.7 Å². The van der Waals surface area contributed by atoms with Crippen LogP contribution in [0.4, 0.5) is 8.78 Å². The Balaban J connectivity index is 1.58. The molecule has 2 atom stereocenters. The van der Waals surface area contributed by atoms with E-state index >= 15 is 0 Å². The molecule has 0 aliphatic heterocycles. The van der Waals surface area contributed by atoms with Gasteiger partial charge in [0.1, 0.15) is 11.6 Å². The van der Waals surface area contributed by atoms with E-state index in [-0.39, 0.29) is 41.1 Å². The average Bonchev–Trinajstić information content (AvgIpc) is 3.83. The molecule has 3 N–H and O–H groups in total.